The van der Waals surface area contributed by atoms with Crippen molar-refractivity contribution in [3.63, 3.8) is 0 Å². The molecule has 1 nitrogen and oxygen atoms in total. The Balaban J connectivity index is 2.64. The Morgan fingerprint density at radius 3 is 2.29 bits per heavy atom. The van der Waals surface area contributed by atoms with E-state index in [0.29, 0.717) is 6.04 Å². The summed E-state index contributed by atoms with van der Waals surface area (Å²) >= 11 is 1.99. The van der Waals surface area contributed by atoms with Crippen molar-refractivity contribution < 1.29 is 0 Å². The van der Waals surface area contributed by atoms with Crippen molar-refractivity contribution in [3.8, 4) is 0 Å². The Morgan fingerprint density at radius 2 is 1.82 bits per heavy atom. The van der Waals surface area contributed by atoms with E-state index >= 15 is 0 Å². The summed E-state index contributed by atoms with van der Waals surface area (Å²) in [5, 5.41) is 3.39. The van der Waals surface area contributed by atoms with Gasteiger partial charge in [-0.3, -0.25) is 0 Å². The minimum Gasteiger partial charge on any atom is -0.312 e. The second-order valence-electron chi connectivity index (χ2n) is 4.84. The molecule has 1 aromatic carbocycles. The van der Waals surface area contributed by atoms with Crippen LogP contribution in [0.25, 0.3) is 0 Å². The maximum absolute atomic E-state index is 3.39. The van der Waals surface area contributed by atoms with Gasteiger partial charge in [0.25, 0.3) is 0 Å². The maximum atomic E-state index is 3.39. The second kappa shape index (κ2) is 7.78. The Morgan fingerprint density at radius 1 is 1.18 bits per heavy atom. The Bertz CT molecular complexity index is 305. The largest absolute Gasteiger partial charge is 0.312 e. The lowest BCUT2D eigenvalue weighted by Crippen LogP contribution is -2.18. The number of thioether (sulfide) groups is 1. The zero-order chi connectivity index (χ0) is 12.7. The molecule has 1 rings (SSSR count). The fourth-order valence-electron chi connectivity index (χ4n) is 1.94. The van der Waals surface area contributed by atoms with Crippen LogP contribution in [0.15, 0.2) is 24.3 Å². The van der Waals surface area contributed by atoms with Crippen molar-refractivity contribution >= 4 is 11.8 Å². The van der Waals surface area contributed by atoms with Crippen LogP contribution in [0.2, 0.25) is 0 Å². The molecule has 0 saturated heterocycles. The molecule has 0 spiro atoms. The van der Waals surface area contributed by atoms with Crippen LogP contribution in [-0.4, -0.2) is 18.6 Å². The molecule has 1 N–H and O–H groups in total. The SMILES string of the molecule is CCSCC(NC)c1ccc(CC(C)C)cc1. The summed E-state index contributed by atoms with van der Waals surface area (Å²) in [7, 11) is 2.04. The van der Waals surface area contributed by atoms with Crippen molar-refractivity contribution in [2.45, 2.75) is 33.2 Å². The molecule has 0 heterocycles. The molecular formula is C15H25NS. The summed E-state index contributed by atoms with van der Waals surface area (Å²) in [6, 6.07) is 9.57. The fraction of sp³-hybridized carbons (Fsp3) is 0.600. The summed E-state index contributed by atoms with van der Waals surface area (Å²) in [4.78, 5) is 0. The lowest BCUT2D eigenvalue weighted by atomic mass is 10.00. The summed E-state index contributed by atoms with van der Waals surface area (Å²) < 4.78 is 0. The number of rotatable bonds is 7. The van der Waals surface area contributed by atoms with E-state index in [-0.39, 0.29) is 0 Å². The average molecular weight is 251 g/mol. The van der Waals surface area contributed by atoms with Crippen molar-refractivity contribution in [1.82, 2.24) is 5.32 Å². The molecule has 1 unspecified atom stereocenters. The molecule has 0 saturated carbocycles. The number of nitrogens with one attached hydrogen (secondary N) is 1. The third kappa shape index (κ3) is 5.13. The van der Waals surface area contributed by atoms with Gasteiger partial charge in [-0.2, -0.15) is 11.8 Å². The smallest absolute Gasteiger partial charge is 0.0409 e. The highest BCUT2D eigenvalue weighted by molar-refractivity contribution is 7.99. The normalized spacial score (nSPS) is 13.0. The molecule has 0 aliphatic carbocycles. The van der Waals surface area contributed by atoms with Gasteiger partial charge in [0.15, 0.2) is 0 Å². The highest BCUT2D eigenvalue weighted by Gasteiger charge is 2.08. The minimum absolute atomic E-state index is 0.480. The van der Waals surface area contributed by atoms with Gasteiger partial charge in [0.1, 0.15) is 0 Å². The molecule has 1 aromatic rings. The number of benzene rings is 1. The predicted octanol–water partition coefficient (Wildman–Crippen LogP) is 3.90. The van der Waals surface area contributed by atoms with E-state index in [1.54, 1.807) is 0 Å². The highest BCUT2D eigenvalue weighted by atomic mass is 32.2. The molecule has 0 radical (unpaired) electrons. The van der Waals surface area contributed by atoms with E-state index in [9.17, 15) is 0 Å². The predicted molar refractivity (Wildman–Crippen MR) is 79.8 cm³/mol. The van der Waals surface area contributed by atoms with Crippen LogP contribution in [-0.2, 0) is 6.42 Å². The van der Waals surface area contributed by atoms with Gasteiger partial charge in [-0.1, -0.05) is 45.0 Å². The maximum Gasteiger partial charge on any atom is 0.0409 e. The monoisotopic (exact) mass is 251 g/mol. The molecule has 0 amide bonds. The zero-order valence-electron chi connectivity index (χ0n) is 11.5. The molecule has 17 heavy (non-hydrogen) atoms. The van der Waals surface area contributed by atoms with Gasteiger partial charge in [-0.15, -0.1) is 0 Å². The topological polar surface area (TPSA) is 12.0 Å². The molecule has 2 heteroatoms. The molecule has 96 valence electrons. The lowest BCUT2D eigenvalue weighted by molar-refractivity contribution is 0.643. The van der Waals surface area contributed by atoms with Crippen LogP contribution < -0.4 is 5.32 Å². The van der Waals surface area contributed by atoms with Gasteiger partial charge in [0, 0.05) is 11.8 Å². The van der Waals surface area contributed by atoms with Crippen molar-refractivity contribution in [1.29, 1.82) is 0 Å². The summed E-state index contributed by atoms with van der Waals surface area (Å²) in [5.74, 6) is 3.07. The van der Waals surface area contributed by atoms with Crippen LogP contribution in [0.3, 0.4) is 0 Å². The van der Waals surface area contributed by atoms with Crippen molar-refractivity contribution in [2.24, 2.45) is 5.92 Å². The number of hydrogen-bond donors (Lipinski definition) is 1. The van der Waals surface area contributed by atoms with Crippen LogP contribution in [0.1, 0.15) is 37.9 Å². The van der Waals surface area contributed by atoms with E-state index in [1.165, 1.54) is 23.3 Å². The van der Waals surface area contributed by atoms with Crippen molar-refractivity contribution in [2.75, 3.05) is 18.6 Å². The van der Waals surface area contributed by atoms with Crippen molar-refractivity contribution in [3.05, 3.63) is 35.4 Å². The third-order valence-electron chi connectivity index (χ3n) is 2.86. The minimum atomic E-state index is 0.480. The molecular weight excluding hydrogens is 226 g/mol. The van der Waals surface area contributed by atoms with Gasteiger partial charge in [-0.25, -0.2) is 0 Å². The van der Waals surface area contributed by atoms with Crippen LogP contribution in [0.4, 0.5) is 0 Å². The van der Waals surface area contributed by atoms with Crippen LogP contribution in [0.5, 0.6) is 0 Å². The first-order valence-electron chi connectivity index (χ1n) is 6.51. The summed E-state index contributed by atoms with van der Waals surface area (Å²) in [6.45, 7) is 6.74. The molecule has 0 aliphatic heterocycles. The Labute approximate surface area is 110 Å². The quantitative estimate of drug-likeness (QED) is 0.789. The van der Waals surface area contributed by atoms with Gasteiger partial charge in [-0.05, 0) is 36.3 Å². The Hall–Kier alpha value is -0.470. The molecule has 0 aliphatic rings. The van der Waals surface area contributed by atoms with E-state index in [2.05, 4.69) is 50.4 Å². The lowest BCUT2D eigenvalue weighted by Gasteiger charge is -2.16. The highest BCUT2D eigenvalue weighted by Crippen LogP contribution is 2.19. The summed E-state index contributed by atoms with van der Waals surface area (Å²) in [6.07, 6.45) is 1.17. The average Bonchev–Trinajstić information content (AvgIpc) is 2.31. The summed E-state index contributed by atoms with van der Waals surface area (Å²) in [5.41, 5.74) is 2.85. The first-order chi connectivity index (χ1) is 8.17. The molecule has 0 bridgehead atoms. The van der Waals surface area contributed by atoms with Gasteiger partial charge < -0.3 is 5.32 Å². The van der Waals surface area contributed by atoms with Crippen LogP contribution >= 0.6 is 11.8 Å². The second-order valence-corrected chi connectivity index (χ2v) is 6.16. The molecule has 0 fully saturated rings. The van der Waals surface area contributed by atoms with Gasteiger partial charge in [0.05, 0.1) is 0 Å². The zero-order valence-corrected chi connectivity index (χ0v) is 12.3. The van der Waals surface area contributed by atoms with E-state index in [4.69, 9.17) is 0 Å². The Kier molecular flexibility index (Phi) is 6.68. The molecule has 1 atom stereocenters. The number of hydrogen-bond acceptors (Lipinski definition) is 2. The van der Waals surface area contributed by atoms with Crippen LogP contribution in [0, 0.1) is 5.92 Å². The van der Waals surface area contributed by atoms with Gasteiger partial charge >= 0.3 is 0 Å². The fourth-order valence-corrected chi connectivity index (χ4v) is 2.77. The first-order valence-corrected chi connectivity index (χ1v) is 7.66. The van der Waals surface area contributed by atoms with Gasteiger partial charge in [0.2, 0.25) is 0 Å². The molecule has 0 aromatic heterocycles. The van der Waals surface area contributed by atoms with E-state index in [1.807, 2.05) is 18.8 Å². The van der Waals surface area contributed by atoms with E-state index in [0.717, 1.165) is 11.7 Å². The first kappa shape index (κ1) is 14.6. The standard InChI is InChI=1S/C15H25NS/c1-5-17-11-15(16-4)14-8-6-13(7-9-14)10-12(2)3/h6-9,12,15-16H,5,10-11H2,1-4H3. The van der Waals surface area contributed by atoms with E-state index < -0.39 is 0 Å². The third-order valence-corrected chi connectivity index (χ3v) is 3.84.